The molecule has 1 aliphatic heterocycles. The van der Waals surface area contributed by atoms with Crippen molar-refractivity contribution in [2.24, 2.45) is 35.3 Å². The number of hydrogen-bond acceptors (Lipinski definition) is 24. The standard InChI is InChI=1S/C51H80N6O12.C30H46N8O12P2.C2H6/c1-12-32(5)43-47(62)54-37(10)50(65)69-44(33(6)13-2)35(8)40(68-51(66)52-26-20-15-14-16-21-27-58)25-24-34(7)49(64)67-41(28-31(3)4)46(61)53-36(9)45(60)55-39(29-38-22-18-17-19-23-38)48(63)57(11)30-42(59)56-43;1-21(2)27(36-26(40)8-4-3-5-16-38-17-14-34-37-38)25(39)19-23(7-6-13-32-29(31)42)28(41)35-24-11-9-22(10-12-24)20-48-30(43)33-15-18-49-52(46,47)50-51(44)45;1-2/h13,17-19,22-24,31-32,35-37,39-41,43-44,58H,12,14-16,20-21,25-30H2,1-11H3,(H,52,66)(H,53,61)(H,54,62)(H,55,60)(H,56,59);9-12,14,17,21,23,27H,3-8,13,15-16,18-20H2,1-2H3,(H7-,31,32,33,35,36,40,41,42,43,44,45,46,47);1-2H3/p+1/b33-13+,34-24+;;/t32?,35-,36-,37+,39+,40-,41+,43-,44+;23-,27+;/m00./s1. The smallest absolute Gasteiger partial charge is 0.456 e. The number of esters is 2. The van der Waals surface area contributed by atoms with Crippen LogP contribution in [0, 0.1) is 29.6 Å². The van der Waals surface area contributed by atoms with Gasteiger partial charge in [-0.1, -0.05) is 154 Å². The quantitative estimate of drug-likeness (QED) is 0.00837. The second-order valence-corrected chi connectivity index (χ2v) is 32.8. The van der Waals surface area contributed by atoms with E-state index in [9.17, 15) is 76.4 Å². The van der Waals surface area contributed by atoms with Crippen LogP contribution in [-0.4, -0.2) is 207 Å². The SMILES string of the molecule is C/C=C(\C)[C@H]1OC(=O)[C@@H](C)NC(=O)[C@H](C(C)CC)NC(=O)CN(C)C(=O)[C@@H](Cc2ccccc2)NC(=O)[C@H](C)NC(=O)[C@@H](CC(C)C)OC(=O)/C(C)=C/C[C@H](OC(=O)NCCCCCCCO)[C@@H]1C.CC.CC(C)[C@@H](NC(=O)CCCCCn1ccnn1)C(=O)C[C@H](CCCNC(N)=O)C(=O)Nc1ccc(COC(=O)NCCOP(=O)(O)O[P+](=O)O)cc1. The fourth-order valence-electron chi connectivity index (χ4n) is 12.3. The Morgan fingerprint density at radius 2 is 1.43 bits per heavy atom. The van der Waals surface area contributed by atoms with Crippen molar-refractivity contribution in [3.05, 3.63) is 101 Å². The summed E-state index contributed by atoms with van der Waals surface area (Å²) in [5, 5.41) is 40.6. The Bertz CT molecular complexity index is 3930. The molecular formula is C83H133N14O24P2+. The number of nitrogens with two attached hydrogens (primary N) is 1. The lowest BCUT2D eigenvalue weighted by Gasteiger charge is -2.32. The lowest BCUT2D eigenvalue weighted by atomic mass is 9.89. The lowest BCUT2D eigenvalue weighted by molar-refractivity contribution is -0.155. The van der Waals surface area contributed by atoms with Crippen molar-refractivity contribution in [1.82, 2.24) is 62.4 Å². The van der Waals surface area contributed by atoms with Crippen molar-refractivity contribution in [2.75, 3.05) is 51.8 Å². The number of nitrogens with zero attached hydrogens (tertiary/aromatic N) is 4. The number of aliphatic hydroxyl groups excluding tert-OH is 1. The molecule has 0 saturated heterocycles. The average molecular weight is 1770 g/mol. The molecule has 2 aromatic carbocycles. The number of Topliss-reactive ketones (excluding diaryl/α,β-unsaturated/α-hetero) is 1. The minimum atomic E-state index is -4.75. The molecule has 1 aliphatic rings. The summed E-state index contributed by atoms with van der Waals surface area (Å²) in [7, 11) is -6.71. The number of aryl methyl sites for hydroxylation is 1. The molecule has 14 N–H and O–H groups in total. The van der Waals surface area contributed by atoms with Crippen molar-refractivity contribution in [2.45, 2.75) is 261 Å². The summed E-state index contributed by atoms with van der Waals surface area (Å²) >= 11 is 0. The van der Waals surface area contributed by atoms with Gasteiger partial charge in [0.1, 0.15) is 43.0 Å². The van der Waals surface area contributed by atoms with Crippen molar-refractivity contribution >= 4 is 99.1 Å². The van der Waals surface area contributed by atoms with E-state index in [1.165, 1.54) is 33.9 Å². The number of carbonyl (C=O) groups excluding carboxylic acids is 13. The van der Waals surface area contributed by atoms with Gasteiger partial charge in [-0.2, -0.15) is 0 Å². The van der Waals surface area contributed by atoms with Crippen LogP contribution in [0.25, 0.3) is 0 Å². The van der Waals surface area contributed by atoms with Crippen LogP contribution in [-0.2, 0) is 104 Å². The minimum Gasteiger partial charge on any atom is -0.456 e. The first-order chi connectivity index (χ1) is 58.3. The van der Waals surface area contributed by atoms with Crippen LogP contribution in [0.15, 0.2) is 90.3 Å². The lowest BCUT2D eigenvalue weighted by Crippen LogP contribution is -2.57. The molecule has 0 aliphatic carbocycles. The summed E-state index contributed by atoms with van der Waals surface area (Å²) in [6.07, 6.45) is 9.25. The highest BCUT2D eigenvalue weighted by Gasteiger charge is 2.39. The van der Waals surface area contributed by atoms with Crippen LogP contribution in [0.3, 0.4) is 0 Å². The highest BCUT2D eigenvalue weighted by atomic mass is 31.2. The first-order valence-electron chi connectivity index (χ1n) is 41.9. The van der Waals surface area contributed by atoms with E-state index in [4.69, 9.17) is 34.7 Å². The van der Waals surface area contributed by atoms with Gasteiger partial charge in [0.15, 0.2) is 11.9 Å². The monoisotopic (exact) mass is 1770 g/mol. The Morgan fingerprint density at radius 1 is 0.789 bits per heavy atom. The number of aromatic nitrogens is 3. The summed E-state index contributed by atoms with van der Waals surface area (Å²) in [5.41, 5.74) is 7.52. The third-order valence-electron chi connectivity index (χ3n) is 19.5. The van der Waals surface area contributed by atoms with Crippen molar-refractivity contribution < 1.29 is 114 Å². The molecule has 688 valence electrons. The Kier molecular flexibility index (Phi) is 52.8. The van der Waals surface area contributed by atoms with Gasteiger partial charge >= 0.3 is 46.2 Å². The van der Waals surface area contributed by atoms with E-state index in [0.717, 1.165) is 37.0 Å². The molecule has 38 nitrogen and oxygen atoms in total. The number of rotatable bonds is 40. The van der Waals surface area contributed by atoms with E-state index in [-0.39, 0.29) is 93.9 Å². The first kappa shape index (κ1) is 109. The number of alkyl carbamates (subject to hydrolysis) is 2. The fraction of sp³-hybridized carbons (Fsp3) is 0.627. The van der Waals surface area contributed by atoms with E-state index in [1.807, 2.05) is 48.5 Å². The number of likely N-dealkylation sites (N-methyl/N-ethyl adjacent to an activating group) is 1. The Labute approximate surface area is 722 Å². The van der Waals surface area contributed by atoms with E-state index < -0.39 is 161 Å². The molecular weight excluding hydrogens is 1640 g/mol. The molecule has 0 fully saturated rings. The van der Waals surface area contributed by atoms with Gasteiger partial charge in [0, 0.05) is 99.4 Å². The molecule has 0 bridgehead atoms. The van der Waals surface area contributed by atoms with Gasteiger partial charge in [-0.25, -0.2) is 28.5 Å². The molecule has 1 aromatic heterocycles. The largest absolute Gasteiger partial charge is 0.705 e. The number of anilines is 1. The molecule has 0 radical (unpaired) electrons. The molecule has 2 heterocycles. The summed E-state index contributed by atoms with van der Waals surface area (Å²) in [6.45, 7) is 24.4. The molecule has 40 heteroatoms. The van der Waals surface area contributed by atoms with Crippen LogP contribution in [0.1, 0.15) is 204 Å². The molecule has 0 spiro atoms. The number of primary amides is 1. The van der Waals surface area contributed by atoms with E-state index in [0.29, 0.717) is 67.6 Å². The van der Waals surface area contributed by atoms with E-state index in [2.05, 4.69) is 67.0 Å². The number of urea groups is 1. The number of ether oxygens (including phenoxy) is 4. The van der Waals surface area contributed by atoms with Gasteiger partial charge < -0.3 is 82.5 Å². The average Bonchev–Trinajstić information content (AvgIpc) is 1.32. The number of benzene rings is 2. The van der Waals surface area contributed by atoms with Gasteiger partial charge in [-0.15, -0.1) is 9.99 Å². The van der Waals surface area contributed by atoms with Crippen LogP contribution >= 0.6 is 16.1 Å². The number of amides is 11. The second-order valence-electron chi connectivity index (χ2n) is 30.5. The van der Waals surface area contributed by atoms with Gasteiger partial charge in [0.2, 0.25) is 35.4 Å². The van der Waals surface area contributed by atoms with E-state index in [1.54, 1.807) is 105 Å². The third kappa shape index (κ3) is 44.7. The molecule has 3 unspecified atom stereocenters. The van der Waals surface area contributed by atoms with Gasteiger partial charge in [0.05, 0.1) is 25.4 Å². The van der Waals surface area contributed by atoms with Gasteiger partial charge in [-0.05, 0) is 130 Å². The highest BCUT2D eigenvalue weighted by molar-refractivity contribution is 7.55. The van der Waals surface area contributed by atoms with Crippen molar-refractivity contribution in [3.63, 3.8) is 0 Å². The van der Waals surface area contributed by atoms with Gasteiger partial charge in [-0.3, -0.25) is 52.5 Å². The predicted molar refractivity (Wildman–Crippen MR) is 457 cm³/mol. The number of carbonyl (C=O) groups is 13. The van der Waals surface area contributed by atoms with Crippen LogP contribution in [0.2, 0.25) is 0 Å². The normalized spacial score (nSPS) is 20.4. The zero-order chi connectivity index (χ0) is 92.3. The summed E-state index contributed by atoms with van der Waals surface area (Å²) in [5.74, 6) is -8.30. The molecule has 4 rings (SSSR count). The number of phosphoric ester groups is 1. The zero-order valence-electron chi connectivity index (χ0n) is 73.7. The number of phosphoric acid groups is 1. The zero-order valence-corrected chi connectivity index (χ0v) is 75.4. The molecule has 0 saturated carbocycles. The molecule has 3 aromatic rings. The third-order valence-corrected chi connectivity index (χ3v) is 21.4. The molecule has 11 amide bonds. The maximum absolute atomic E-state index is 14.0. The Morgan fingerprint density at radius 3 is 2.05 bits per heavy atom. The van der Waals surface area contributed by atoms with Crippen molar-refractivity contribution in [3.8, 4) is 0 Å². The molecule has 123 heavy (non-hydrogen) atoms. The predicted octanol–water partition coefficient (Wildman–Crippen LogP) is 8.25. The summed E-state index contributed by atoms with van der Waals surface area (Å²) in [6, 6.07) is 9.03. The highest BCUT2D eigenvalue weighted by Crippen LogP contribution is 2.50. The minimum absolute atomic E-state index is 0.0411. The summed E-state index contributed by atoms with van der Waals surface area (Å²) in [4.78, 5) is 191. The van der Waals surface area contributed by atoms with Crippen LogP contribution in [0.4, 0.5) is 20.1 Å². The Balaban J connectivity index is 0.000000848. The van der Waals surface area contributed by atoms with Crippen LogP contribution in [0.5, 0.6) is 0 Å². The number of allylic oxidation sites excluding steroid dienone is 1. The fourth-order valence-corrected chi connectivity index (χ4v) is 13.5. The topological polar surface area (TPSA) is 540 Å². The number of unbranched alkanes of at least 4 members (excludes halogenated alkanes) is 6. The first-order valence-corrected chi connectivity index (χ1v) is 44.5. The number of nitrogens with one attached hydrogen (secondary N) is 9. The molecule has 13 atom stereocenters. The van der Waals surface area contributed by atoms with Crippen molar-refractivity contribution in [1.29, 1.82) is 0 Å². The number of ketones is 1. The maximum atomic E-state index is 14.0. The van der Waals surface area contributed by atoms with E-state index >= 15 is 0 Å². The maximum Gasteiger partial charge on any atom is 0.705 e. The number of aliphatic hydroxyl groups is 1. The van der Waals surface area contributed by atoms with Crippen LogP contribution < -0.4 is 53.6 Å². The summed E-state index contributed by atoms with van der Waals surface area (Å²) < 4.78 is 54.7. The number of cyclic esters (lactones) is 2. The Hall–Kier alpha value is -10.1. The second kappa shape index (κ2) is 59.6. The van der Waals surface area contributed by atoms with Gasteiger partial charge in [0.25, 0.3) is 5.91 Å². The number of hydrogen-bond donors (Lipinski definition) is 13.